The number of Topliss-reactive ketones (excluding diaryl/α,β-unsaturated/α-hetero) is 2. The van der Waals surface area contributed by atoms with Crippen molar-refractivity contribution in [3.63, 3.8) is 0 Å². The molecule has 0 saturated heterocycles. The summed E-state index contributed by atoms with van der Waals surface area (Å²) in [7, 11) is 0. The quantitative estimate of drug-likeness (QED) is 0.520. The van der Waals surface area contributed by atoms with E-state index in [-0.39, 0.29) is 28.3 Å². The molecular weight excluding hydrogens is 350 g/mol. The molecular formula is C21H12F2N2O2. The van der Waals surface area contributed by atoms with Crippen LogP contribution in [0.3, 0.4) is 0 Å². The van der Waals surface area contributed by atoms with E-state index >= 15 is 0 Å². The summed E-state index contributed by atoms with van der Waals surface area (Å²) < 4.78 is 28.9. The van der Waals surface area contributed by atoms with Gasteiger partial charge in [-0.15, -0.1) is 0 Å². The second-order valence-electron chi connectivity index (χ2n) is 6.50. The Morgan fingerprint density at radius 3 is 1.59 bits per heavy atom. The van der Waals surface area contributed by atoms with E-state index in [4.69, 9.17) is 0 Å². The zero-order valence-corrected chi connectivity index (χ0v) is 13.9. The Labute approximate surface area is 151 Å². The van der Waals surface area contributed by atoms with E-state index in [0.717, 1.165) is 0 Å². The molecule has 27 heavy (non-hydrogen) atoms. The largest absolute Gasteiger partial charge is 0.360 e. The third-order valence-corrected chi connectivity index (χ3v) is 4.98. The van der Waals surface area contributed by atoms with E-state index in [1.54, 1.807) is 24.3 Å². The number of H-pyrrole nitrogens is 2. The number of aromatic amines is 2. The van der Waals surface area contributed by atoms with Crippen LogP contribution in [0, 0.1) is 11.6 Å². The topological polar surface area (TPSA) is 65.7 Å². The zero-order chi connectivity index (χ0) is 18.7. The molecule has 2 aromatic heterocycles. The van der Waals surface area contributed by atoms with Crippen molar-refractivity contribution >= 4 is 44.5 Å². The van der Waals surface area contributed by atoms with Crippen molar-refractivity contribution in [1.29, 1.82) is 0 Å². The van der Waals surface area contributed by atoms with Gasteiger partial charge in [-0.25, -0.2) is 8.78 Å². The molecule has 6 heteroatoms. The van der Waals surface area contributed by atoms with Crippen LogP contribution in [0.2, 0.25) is 0 Å². The number of halogens is 2. The summed E-state index contributed by atoms with van der Waals surface area (Å²) >= 11 is 0. The lowest BCUT2D eigenvalue weighted by Crippen LogP contribution is -1.97. The van der Waals surface area contributed by atoms with Gasteiger partial charge in [0.2, 0.25) is 0 Å². The van der Waals surface area contributed by atoms with Gasteiger partial charge >= 0.3 is 0 Å². The van der Waals surface area contributed by atoms with E-state index < -0.39 is 23.2 Å². The molecule has 0 fully saturated rings. The monoisotopic (exact) mass is 362 g/mol. The molecule has 0 saturated carbocycles. The normalized spacial score (nSPS) is 14.9. The first-order valence-electron chi connectivity index (χ1n) is 8.39. The fourth-order valence-corrected chi connectivity index (χ4v) is 3.85. The Morgan fingerprint density at radius 1 is 0.704 bits per heavy atom. The van der Waals surface area contributed by atoms with E-state index in [1.807, 2.05) is 0 Å². The fourth-order valence-electron chi connectivity index (χ4n) is 3.85. The van der Waals surface area contributed by atoms with Crippen molar-refractivity contribution < 1.29 is 18.4 Å². The maximum atomic E-state index is 14.4. The molecule has 2 heterocycles. The first-order chi connectivity index (χ1) is 13.1. The minimum atomic E-state index is -0.493. The highest BCUT2D eigenvalue weighted by Crippen LogP contribution is 2.41. The van der Waals surface area contributed by atoms with Crippen molar-refractivity contribution in [2.24, 2.45) is 0 Å². The van der Waals surface area contributed by atoms with Crippen molar-refractivity contribution in [2.45, 2.75) is 6.42 Å². The summed E-state index contributed by atoms with van der Waals surface area (Å²) in [4.78, 5) is 31.2. The Bertz CT molecular complexity index is 1210. The van der Waals surface area contributed by atoms with Gasteiger partial charge in [0, 0.05) is 56.5 Å². The number of carbonyl (C=O) groups excluding carboxylic acids is 2. The molecule has 2 N–H and O–H groups in total. The van der Waals surface area contributed by atoms with Gasteiger partial charge in [0.25, 0.3) is 0 Å². The lowest BCUT2D eigenvalue weighted by molar-refractivity contribution is -0.119. The Balaban J connectivity index is 1.88. The molecule has 0 amide bonds. The second kappa shape index (κ2) is 5.48. The van der Waals surface area contributed by atoms with Gasteiger partial charge in [-0.05, 0) is 24.3 Å². The lowest BCUT2D eigenvalue weighted by atomic mass is 9.95. The number of rotatable bonds is 2. The summed E-state index contributed by atoms with van der Waals surface area (Å²) in [6.45, 7) is 0. The molecule has 0 bridgehead atoms. The minimum Gasteiger partial charge on any atom is -0.360 e. The van der Waals surface area contributed by atoms with E-state index in [0.29, 0.717) is 22.2 Å². The second-order valence-corrected chi connectivity index (χ2v) is 6.50. The molecule has 0 radical (unpaired) electrons. The summed E-state index contributed by atoms with van der Waals surface area (Å²) in [5, 5.41) is 0.488. The number of hydrogen-bond donors (Lipinski definition) is 2. The Hall–Kier alpha value is -3.54. The van der Waals surface area contributed by atoms with Crippen LogP contribution in [0.15, 0.2) is 48.8 Å². The Kier molecular flexibility index (Phi) is 3.18. The van der Waals surface area contributed by atoms with E-state index in [2.05, 4.69) is 9.97 Å². The van der Waals surface area contributed by atoms with Crippen molar-refractivity contribution in [3.8, 4) is 0 Å². The zero-order valence-electron chi connectivity index (χ0n) is 13.9. The summed E-state index contributed by atoms with van der Waals surface area (Å²) in [6.07, 6.45) is 2.72. The molecule has 4 aromatic rings. The SMILES string of the molecule is O=C1CC(=O)C(c2c[nH]c3cccc(F)c23)=C1c1c[nH]c2cccc(F)c12. The van der Waals surface area contributed by atoms with Gasteiger partial charge in [0.1, 0.15) is 11.6 Å². The predicted molar refractivity (Wildman–Crippen MR) is 98.0 cm³/mol. The average Bonchev–Trinajstić information content (AvgIpc) is 3.31. The van der Waals surface area contributed by atoms with Gasteiger partial charge in [-0.2, -0.15) is 0 Å². The molecule has 0 unspecified atom stereocenters. The number of fused-ring (bicyclic) bond motifs is 2. The fraction of sp³-hybridized carbons (Fsp3) is 0.0476. The Morgan fingerprint density at radius 2 is 1.15 bits per heavy atom. The molecule has 4 nitrogen and oxygen atoms in total. The summed E-state index contributed by atoms with van der Waals surface area (Å²) in [6, 6.07) is 9.09. The highest BCUT2D eigenvalue weighted by molar-refractivity contribution is 6.52. The summed E-state index contributed by atoms with van der Waals surface area (Å²) in [5.74, 6) is -1.78. The molecule has 0 aliphatic heterocycles. The lowest BCUT2D eigenvalue weighted by Gasteiger charge is -2.05. The van der Waals surface area contributed by atoms with Crippen molar-refractivity contribution in [2.75, 3.05) is 0 Å². The van der Waals surface area contributed by atoms with Crippen LogP contribution in [0.4, 0.5) is 8.78 Å². The number of carbonyl (C=O) groups is 2. The van der Waals surface area contributed by atoms with Crippen LogP contribution < -0.4 is 0 Å². The van der Waals surface area contributed by atoms with Crippen molar-refractivity contribution in [3.05, 3.63) is 71.6 Å². The smallest absolute Gasteiger partial charge is 0.172 e. The minimum absolute atomic E-state index is 0.125. The number of aromatic nitrogens is 2. The molecule has 1 aliphatic carbocycles. The first-order valence-corrected chi connectivity index (χ1v) is 8.39. The molecule has 0 spiro atoms. The molecule has 0 atom stereocenters. The first kappa shape index (κ1) is 15.7. The third kappa shape index (κ3) is 2.13. The van der Waals surface area contributed by atoms with Crippen LogP contribution in [-0.2, 0) is 9.59 Å². The highest BCUT2D eigenvalue weighted by atomic mass is 19.1. The number of nitrogens with one attached hydrogen (secondary N) is 2. The number of allylic oxidation sites excluding steroid dienone is 2. The number of hydrogen-bond acceptors (Lipinski definition) is 2. The van der Waals surface area contributed by atoms with Gasteiger partial charge in [-0.1, -0.05) is 12.1 Å². The maximum absolute atomic E-state index is 14.4. The molecule has 2 aromatic carbocycles. The predicted octanol–water partition coefficient (Wildman–Crippen LogP) is 4.38. The van der Waals surface area contributed by atoms with Gasteiger partial charge in [0.15, 0.2) is 11.6 Å². The molecule has 132 valence electrons. The van der Waals surface area contributed by atoms with E-state index in [1.165, 1.54) is 24.5 Å². The van der Waals surface area contributed by atoms with Gasteiger partial charge in [-0.3, -0.25) is 9.59 Å². The van der Waals surface area contributed by atoms with Gasteiger partial charge in [0.05, 0.1) is 6.42 Å². The van der Waals surface area contributed by atoms with Crippen LogP contribution in [0.1, 0.15) is 17.5 Å². The maximum Gasteiger partial charge on any atom is 0.172 e. The number of benzene rings is 2. The van der Waals surface area contributed by atoms with E-state index in [9.17, 15) is 18.4 Å². The number of ketones is 2. The van der Waals surface area contributed by atoms with Crippen LogP contribution >= 0.6 is 0 Å². The third-order valence-electron chi connectivity index (χ3n) is 4.98. The molecule has 1 aliphatic rings. The van der Waals surface area contributed by atoms with Crippen LogP contribution in [0.5, 0.6) is 0 Å². The average molecular weight is 362 g/mol. The van der Waals surface area contributed by atoms with Crippen molar-refractivity contribution in [1.82, 2.24) is 9.97 Å². The standard InChI is InChI=1S/C21H12F2N2O2/c22-12-3-1-5-14-18(12)10(8-24-14)20-16(26)7-17(27)21(20)11-9-25-15-6-2-4-13(23)19(11)15/h1-6,8-9,24-25H,7H2. The highest BCUT2D eigenvalue weighted by Gasteiger charge is 2.35. The van der Waals surface area contributed by atoms with Crippen LogP contribution in [-0.4, -0.2) is 21.5 Å². The van der Waals surface area contributed by atoms with Crippen LogP contribution in [0.25, 0.3) is 33.0 Å². The van der Waals surface area contributed by atoms with Gasteiger partial charge < -0.3 is 9.97 Å². The summed E-state index contributed by atoms with van der Waals surface area (Å²) in [5.41, 5.74) is 1.93. The molecule has 5 rings (SSSR count).